The molecule has 0 amide bonds. The van der Waals surface area contributed by atoms with Crippen molar-refractivity contribution in [1.29, 1.82) is 0 Å². The second-order valence-electron chi connectivity index (χ2n) is 3.47. The summed E-state index contributed by atoms with van der Waals surface area (Å²) in [5.41, 5.74) is 0. The molecule has 0 aliphatic carbocycles. The summed E-state index contributed by atoms with van der Waals surface area (Å²) in [6.07, 6.45) is 6.12. The first-order chi connectivity index (χ1) is 9.81. The maximum absolute atomic E-state index is 10.7. The standard InChI is InChI=1S/C14H22O6/c1-3-5-16-6-7-17-8-9-18-10-11-19-12-13-20-14(15)4-2/h1,4H,2,5-13H2. The van der Waals surface area contributed by atoms with Crippen molar-refractivity contribution in [3.8, 4) is 12.3 Å². The van der Waals surface area contributed by atoms with Crippen LogP contribution in [0.2, 0.25) is 0 Å². The van der Waals surface area contributed by atoms with Crippen molar-refractivity contribution in [1.82, 2.24) is 0 Å². The highest BCUT2D eigenvalue weighted by Gasteiger charge is 1.95. The maximum Gasteiger partial charge on any atom is 0.330 e. The first-order valence-electron chi connectivity index (χ1n) is 6.35. The molecule has 20 heavy (non-hydrogen) atoms. The summed E-state index contributed by atoms with van der Waals surface area (Å²) in [7, 11) is 0. The van der Waals surface area contributed by atoms with Crippen LogP contribution >= 0.6 is 0 Å². The molecule has 0 unspecified atom stereocenters. The van der Waals surface area contributed by atoms with E-state index in [1.165, 1.54) is 0 Å². The first-order valence-corrected chi connectivity index (χ1v) is 6.35. The minimum atomic E-state index is -0.451. The Morgan fingerprint density at radius 3 is 1.80 bits per heavy atom. The third-order valence-electron chi connectivity index (χ3n) is 1.94. The van der Waals surface area contributed by atoms with E-state index in [-0.39, 0.29) is 6.61 Å². The normalized spacial score (nSPS) is 9.95. The van der Waals surface area contributed by atoms with Gasteiger partial charge in [-0.25, -0.2) is 4.79 Å². The molecule has 114 valence electrons. The van der Waals surface area contributed by atoms with Gasteiger partial charge in [0, 0.05) is 6.08 Å². The lowest BCUT2D eigenvalue weighted by molar-refractivity contribution is -0.139. The molecule has 0 aliphatic rings. The van der Waals surface area contributed by atoms with Gasteiger partial charge in [-0.2, -0.15) is 0 Å². The zero-order valence-corrected chi connectivity index (χ0v) is 11.7. The third-order valence-corrected chi connectivity index (χ3v) is 1.94. The predicted molar refractivity (Wildman–Crippen MR) is 73.3 cm³/mol. The summed E-state index contributed by atoms with van der Waals surface area (Å²) >= 11 is 0. The van der Waals surface area contributed by atoms with Crippen LogP contribution in [0.4, 0.5) is 0 Å². The van der Waals surface area contributed by atoms with Gasteiger partial charge in [0.25, 0.3) is 0 Å². The fourth-order valence-corrected chi connectivity index (χ4v) is 1.05. The van der Waals surface area contributed by atoms with Crippen LogP contribution in [0, 0.1) is 12.3 Å². The minimum absolute atomic E-state index is 0.214. The van der Waals surface area contributed by atoms with Crippen molar-refractivity contribution < 1.29 is 28.5 Å². The average Bonchev–Trinajstić information content (AvgIpc) is 2.47. The van der Waals surface area contributed by atoms with E-state index in [1.54, 1.807) is 0 Å². The van der Waals surface area contributed by atoms with Gasteiger partial charge in [0.1, 0.15) is 13.2 Å². The van der Waals surface area contributed by atoms with Gasteiger partial charge in [0.05, 0.1) is 46.2 Å². The van der Waals surface area contributed by atoms with Crippen LogP contribution in [0.3, 0.4) is 0 Å². The molecule has 0 atom stereocenters. The smallest absolute Gasteiger partial charge is 0.330 e. The second kappa shape index (κ2) is 15.7. The molecule has 0 spiro atoms. The number of rotatable bonds is 14. The van der Waals surface area contributed by atoms with Crippen molar-refractivity contribution in [2.45, 2.75) is 0 Å². The van der Waals surface area contributed by atoms with Gasteiger partial charge in [0.2, 0.25) is 0 Å². The Morgan fingerprint density at radius 1 is 0.900 bits per heavy atom. The summed E-state index contributed by atoms with van der Waals surface area (Å²) in [6.45, 7) is 7.01. The highest BCUT2D eigenvalue weighted by molar-refractivity contribution is 5.81. The molecule has 0 heterocycles. The molecule has 0 aromatic rings. The number of hydrogen-bond donors (Lipinski definition) is 0. The largest absolute Gasteiger partial charge is 0.460 e. The Labute approximate surface area is 120 Å². The fraction of sp³-hybridized carbons (Fsp3) is 0.643. The van der Waals surface area contributed by atoms with Crippen LogP contribution in [-0.4, -0.2) is 65.4 Å². The second-order valence-corrected chi connectivity index (χ2v) is 3.47. The molecule has 6 heteroatoms. The van der Waals surface area contributed by atoms with Crippen molar-refractivity contribution in [3.05, 3.63) is 12.7 Å². The van der Waals surface area contributed by atoms with Crippen LogP contribution in [0.15, 0.2) is 12.7 Å². The summed E-state index contributed by atoms with van der Waals surface area (Å²) in [4.78, 5) is 10.7. The van der Waals surface area contributed by atoms with Crippen LogP contribution < -0.4 is 0 Å². The van der Waals surface area contributed by atoms with E-state index >= 15 is 0 Å². The van der Waals surface area contributed by atoms with E-state index in [0.29, 0.717) is 52.9 Å². The highest BCUT2D eigenvalue weighted by Crippen LogP contribution is 1.84. The molecular weight excluding hydrogens is 264 g/mol. The topological polar surface area (TPSA) is 63.2 Å². The molecular formula is C14H22O6. The lowest BCUT2D eigenvalue weighted by atomic mass is 10.6. The molecule has 0 rings (SSSR count). The Hall–Kier alpha value is -1.39. The first kappa shape index (κ1) is 18.6. The van der Waals surface area contributed by atoms with Gasteiger partial charge in [-0.05, 0) is 0 Å². The van der Waals surface area contributed by atoms with E-state index in [2.05, 4.69) is 12.5 Å². The SMILES string of the molecule is C#CCOCCOCCOCCOCCOC(=O)C=C. The molecule has 6 nitrogen and oxygen atoms in total. The average molecular weight is 286 g/mol. The Kier molecular flexibility index (Phi) is 14.6. The fourth-order valence-electron chi connectivity index (χ4n) is 1.05. The van der Waals surface area contributed by atoms with E-state index in [0.717, 1.165) is 6.08 Å². The number of ether oxygens (including phenoxy) is 5. The molecule has 0 aromatic carbocycles. The summed E-state index contributed by atoms with van der Waals surface area (Å²) in [6, 6.07) is 0. The predicted octanol–water partition coefficient (Wildman–Crippen LogP) is 0.415. The van der Waals surface area contributed by atoms with Gasteiger partial charge in [-0.15, -0.1) is 6.42 Å². The number of esters is 1. The number of carbonyl (C=O) groups excluding carboxylic acids is 1. The van der Waals surface area contributed by atoms with Crippen molar-refractivity contribution in [3.63, 3.8) is 0 Å². The number of terminal acetylenes is 1. The van der Waals surface area contributed by atoms with Crippen LogP contribution in [0.5, 0.6) is 0 Å². The number of hydrogen-bond acceptors (Lipinski definition) is 6. The molecule has 0 bridgehead atoms. The van der Waals surface area contributed by atoms with Crippen molar-refractivity contribution in [2.24, 2.45) is 0 Å². The van der Waals surface area contributed by atoms with E-state index in [1.807, 2.05) is 0 Å². The maximum atomic E-state index is 10.7. The van der Waals surface area contributed by atoms with E-state index in [9.17, 15) is 4.79 Å². The Morgan fingerprint density at radius 2 is 1.35 bits per heavy atom. The van der Waals surface area contributed by atoms with Gasteiger partial charge < -0.3 is 23.7 Å². The molecule has 0 aromatic heterocycles. The van der Waals surface area contributed by atoms with E-state index < -0.39 is 5.97 Å². The Bertz CT molecular complexity index is 284. The van der Waals surface area contributed by atoms with Gasteiger partial charge in [-0.1, -0.05) is 12.5 Å². The number of carbonyl (C=O) groups is 1. The summed E-state index contributed by atoms with van der Waals surface area (Å²) in [5.74, 6) is 1.92. The molecule has 0 saturated carbocycles. The van der Waals surface area contributed by atoms with Crippen LogP contribution in [-0.2, 0) is 28.5 Å². The molecule has 0 N–H and O–H groups in total. The van der Waals surface area contributed by atoms with Gasteiger partial charge in [-0.3, -0.25) is 0 Å². The van der Waals surface area contributed by atoms with Crippen molar-refractivity contribution in [2.75, 3.05) is 59.5 Å². The quantitative estimate of drug-likeness (QED) is 0.199. The van der Waals surface area contributed by atoms with Crippen LogP contribution in [0.1, 0.15) is 0 Å². The molecule has 0 saturated heterocycles. The minimum Gasteiger partial charge on any atom is -0.460 e. The van der Waals surface area contributed by atoms with Crippen molar-refractivity contribution >= 4 is 5.97 Å². The molecule has 0 fully saturated rings. The monoisotopic (exact) mass is 286 g/mol. The van der Waals surface area contributed by atoms with Crippen LogP contribution in [0.25, 0.3) is 0 Å². The lowest BCUT2D eigenvalue weighted by Crippen LogP contribution is -2.14. The van der Waals surface area contributed by atoms with E-state index in [4.69, 9.17) is 30.1 Å². The van der Waals surface area contributed by atoms with Gasteiger partial charge in [0.15, 0.2) is 0 Å². The van der Waals surface area contributed by atoms with Gasteiger partial charge >= 0.3 is 5.97 Å². The molecule has 0 aliphatic heterocycles. The zero-order chi connectivity index (χ0) is 14.9. The summed E-state index contributed by atoms with van der Waals surface area (Å²) < 4.78 is 25.4. The Balaban J connectivity index is 3.01. The summed E-state index contributed by atoms with van der Waals surface area (Å²) in [5, 5.41) is 0. The highest BCUT2D eigenvalue weighted by atomic mass is 16.6. The zero-order valence-electron chi connectivity index (χ0n) is 11.7. The molecule has 0 radical (unpaired) electrons. The third kappa shape index (κ3) is 14.7. The lowest BCUT2D eigenvalue weighted by Gasteiger charge is -2.07.